The van der Waals surface area contributed by atoms with E-state index in [4.69, 9.17) is 0 Å². The summed E-state index contributed by atoms with van der Waals surface area (Å²) in [4.78, 5) is 7.00. The first-order valence-electron chi connectivity index (χ1n) is 7.15. The fourth-order valence-corrected chi connectivity index (χ4v) is 2.46. The van der Waals surface area contributed by atoms with Crippen LogP contribution in [0.15, 0.2) is 18.3 Å². The molecule has 2 heterocycles. The second-order valence-electron chi connectivity index (χ2n) is 5.47. The molecular weight excluding hydrogens is 222 g/mol. The quantitative estimate of drug-likeness (QED) is 0.867. The third-order valence-corrected chi connectivity index (χ3v) is 3.72. The number of nitrogens with one attached hydrogen (secondary N) is 1. The second kappa shape index (κ2) is 6.19. The molecule has 100 valence electrons. The molecule has 3 nitrogen and oxygen atoms in total. The van der Waals surface area contributed by atoms with Crippen molar-refractivity contribution in [3.05, 3.63) is 23.9 Å². The smallest absolute Gasteiger partial charge is 0.128 e. The number of hydrogen-bond donors (Lipinski definition) is 1. The molecule has 0 radical (unpaired) electrons. The summed E-state index contributed by atoms with van der Waals surface area (Å²) < 4.78 is 0. The third-order valence-electron chi connectivity index (χ3n) is 3.72. The van der Waals surface area contributed by atoms with Gasteiger partial charge >= 0.3 is 0 Å². The van der Waals surface area contributed by atoms with E-state index in [-0.39, 0.29) is 0 Å². The summed E-state index contributed by atoms with van der Waals surface area (Å²) in [6, 6.07) is 4.76. The van der Waals surface area contributed by atoms with Gasteiger partial charge in [-0.3, -0.25) is 0 Å². The normalized spacial score (nSPS) is 21.3. The van der Waals surface area contributed by atoms with Crippen molar-refractivity contribution >= 4 is 5.82 Å². The summed E-state index contributed by atoms with van der Waals surface area (Å²) in [5, 5.41) is 3.49. The van der Waals surface area contributed by atoms with Crippen molar-refractivity contribution in [2.45, 2.75) is 39.7 Å². The molecule has 1 fully saturated rings. The molecule has 1 aromatic heterocycles. The highest BCUT2D eigenvalue weighted by Gasteiger charge is 2.19. The van der Waals surface area contributed by atoms with Crippen LogP contribution in [0.3, 0.4) is 0 Å². The van der Waals surface area contributed by atoms with Crippen LogP contribution in [-0.2, 0) is 0 Å². The van der Waals surface area contributed by atoms with Crippen molar-refractivity contribution in [1.29, 1.82) is 0 Å². The topological polar surface area (TPSA) is 28.2 Å². The Kier molecular flexibility index (Phi) is 4.59. The summed E-state index contributed by atoms with van der Waals surface area (Å²) >= 11 is 0. The van der Waals surface area contributed by atoms with Crippen LogP contribution in [0.4, 0.5) is 5.82 Å². The maximum absolute atomic E-state index is 4.61. The molecule has 2 unspecified atom stereocenters. The molecule has 18 heavy (non-hydrogen) atoms. The summed E-state index contributed by atoms with van der Waals surface area (Å²) in [7, 11) is 0. The average Bonchev–Trinajstić information content (AvgIpc) is 2.83. The van der Waals surface area contributed by atoms with E-state index in [1.807, 2.05) is 6.20 Å². The first kappa shape index (κ1) is 13.3. The minimum absolute atomic E-state index is 0.393. The SMILES string of the molecule is CCCNC(C)c1ccc(N2CCC(C)C2)nc1. The van der Waals surface area contributed by atoms with Crippen LogP contribution in [0.2, 0.25) is 0 Å². The zero-order valence-corrected chi connectivity index (χ0v) is 11.8. The van der Waals surface area contributed by atoms with E-state index in [2.05, 4.69) is 48.1 Å². The van der Waals surface area contributed by atoms with E-state index in [0.29, 0.717) is 6.04 Å². The Morgan fingerprint density at radius 1 is 1.50 bits per heavy atom. The summed E-state index contributed by atoms with van der Waals surface area (Å²) in [6.07, 6.45) is 4.48. The molecule has 1 aliphatic rings. The van der Waals surface area contributed by atoms with Gasteiger partial charge in [0, 0.05) is 25.3 Å². The van der Waals surface area contributed by atoms with Crippen LogP contribution in [0.1, 0.15) is 45.2 Å². The van der Waals surface area contributed by atoms with Crippen LogP contribution in [0, 0.1) is 5.92 Å². The third kappa shape index (κ3) is 3.22. The predicted molar refractivity (Wildman–Crippen MR) is 76.9 cm³/mol. The molecule has 1 aromatic rings. The number of rotatable bonds is 5. The predicted octanol–water partition coefficient (Wildman–Crippen LogP) is 2.99. The summed E-state index contributed by atoms with van der Waals surface area (Å²) in [5.41, 5.74) is 1.28. The Morgan fingerprint density at radius 3 is 2.89 bits per heavy atom. The first-order chi connectivity index (χ1) is 8.70. The van der Waals surface area contributed by atoms with Gasteiger partial charge in [0.2, 0.25) is 0 Å². The summed E-state index contributed by atoms with van der Waals surface area (Å²) in [6.45, 7) is 10.1. The Balaban J connectivity index is 1.96. The standard InChI is InChI=1S/C15H25N3/c1-4-8-16-13(3)14-5-6-15(17-10-14)18-9-7-12(2)11-18/h5-6,10,12-13,16H,4,7-9,11H2,1-3H3. The molecule has 1 N–H and O–H groups in total. The van der Waals surface area contributed by atoms with Crippen molar-refractivity contribution in [1.82, 2.24) is 10.3 Å². The summed E-state index contributed by atoms with van der Waals surface area (Å²) in [5.74, 6) is 1.93. The molecule has 0 saturated carbocycles. The molecule has 0 amide bonds. The van der Waals surface area contributed by atoms with Crippen molar-refractivity contribution < 1.29 is 0 Å². The minimum Gasteiger partial charge on any atom is -0.356 e. The van der Waals surface area contributed by atoms with Crippen LogP contribution in [0.25, 0.3) is 0 Å². The van der Waals surface area contributed by atoms with E-state index in [1.54, 1.807) is 0 Å². The highest BCUT2D eigenvalue weighted by atomic mass is 15.2. The van der Waals surface area contributed by atoms with Gasteiger partial charge in [-0.05, 0) is 43.9 Å². The van der Waals surface area contributed by atoms with E-state index in [9.17, 15) is 0 Å². The van der Waals surface area contributed by atoms with Crippen LogP contribution >= 0.6 is 0 Å². The zero-order chi connectivity index (χ0) is 13.0. The maximum atomic E-state index is 4.61. The maximum Gasteiger partial charge on any atom is 0.128 e. The van der Waals surface area contributed by atoms with Crippen LogP contribution in [0.5, 0.6) is 0 Å². The second-order valence-corrected chi connectivity index (χ2v) is 5.47. The van der Waals surface area contributed by atoms with Gasteiger partial charge in [0.15, 0.2) is 0 Å². The van der Waals surface area contributed by atoms with E-state index in [1.165, 1.54) is 18.4 Å². The van der Waals surface area contributed by atoms with Crippen LogP contribution < -0.4 is 10.2 Å². The number of pyridine rings is 1. The minimum atomic E-state index is 0.393. The monoisotopic (exact) mass is 247 g/mol. The van der Waals surface area contributed by atoms with Gasteiger partial charge in [-0.2, -0.15) is 0 Å². The Hall–Kier alpha value is -1.09. The van der Waals surface area contributed by atoms with Gasteiger partial charge in [0.25, 0.3) is 0 Å². The number of aromatic nitrogens is 1. The highest BCUT2D eigenvalue weighted by Crippen LogP contribution is 2.22. The van der Waals surface area contributed by atoms with E-state index in [0.717, 1.165) is 31.4 Å². The molecule has 1 saturated heterocycles. The zero-order valence-electron chi connectivity index (χ0n) is 11.8. The number of nitrogens with zero attached hydrogens (tertiary/aromatic N) is 2. The molecular formula is C15H25N3. The molecule has 0 bridgehead atoms. The molecule has 2 atom stereocenters. The average molecular weight is 247 g/mol. The number of anilines is 1. The first-order valence-corrected chi connectivity index (χ1v) is 7.15. The molecule has 1 aliphatic heterocycles. The van der Waals surface area contributed by atoms with Gasteiger partial charge in [-0.25, -0.2) is 4.98 Å². The molecule has 2 rings (SSSR count). The van der Waals surface area contributed by atoms with E-state index < -0.39 is 0 Å². The lowest BCUT2D eigenvalue weighted by atomic mass is 10.1. The lowest BCUT2D eigenvalue weighted by Gasteiger charge is -2.18. The Morgan fingerprint density at radius 2 is 2.33 bits per heavy atom. The molecule has 0 spiro atoms. The van der Waals surface area contributed by atoms with Gasteiger partial charge in [-0.1, -0.05) is 19.9 Å². The molecule has 0 aliphatic carbocycles. The van der Waals surface area contributed by atoms with Gasteiger partial charge in [0.1, 0.15) is 5.82 Å². The van der Waals surface area contributed by atoms with Gasteiger partial charge < -0.3 is 10.2 Å². The lowest BCUT2D eigenvalue weighted by molar-refractivity contribution is 0.569. The molecule has 0 aromatic carbocycles. The lowest BCUT2D eigenvalue weighted by Crippen LogP contribution is -2.21. The van der Waals surface area contributed by atoms with E-state index >= 15 is 0 Å². The van der Waals surface area contributed by atoms with Crippen molar-refractivity contribution in [2.24, 2.45) is 5.92 Å². The Labute approximate surface area is 111 Å². The van der Waals surface area contributed by atoms with Gasteiger partial charge in [-0.15, -0.1) is 0 Å². The fourth-order valence-electron chi connectivity index (χ4n) is 2.46. The molecule has 3 heteroatoms. The van der Waals surface area contributed by atoms with Gasteiger partial charge in [0.05, 0.1) is 0 Å². The van der Waals surface area contributed by atoms with Crippen LogP contribution in [-0.4, -0.2) is 24.6 Å². The largest absolute Gasteiger partial charge is 0.356 e. The highest BCUT2D eigenvalue weighted by molar-refractivity contribution is 5.40. The number of hydrogen-bond acceptors (Lipinski definition) is 3. The van der Waals surface area contributed by atoms with Crippen molar-refractivity contribution in [3.63, 3.8) is 0 Å². The Bertz CT molecular complexity index is 361. The fraction of sp³-hybridized carbons (Fsp3) is 0.667. The van der Waals surface area contributed by atoms with Crippen molar-refractivity contribution in [2.75, 3.05) is 24.5 Å². The van der Waals surface area contributed by atoms with Crippen molar-refractivity contribution in [3.8, 4) is 0 Å².